The van der Waals surface area contributed by atoms with Gasteiger partial charge < -0.3 is 15.2 Å². The van der Waals surface area contributed by atoms with Crippen LogP contribution in [0.15, 0.2) is 24.3 Å². The summed E-state index contributed by atoms with van der Waals surface area (Å²) in [5.41, 5.74) is 0.944. The topological polar surface area (TPSA) is 75.6 Å². The van der Waals surface area contributed by atoms with Crippen molar-refractivity contribution in [3.05, 3.63) is 35.4 Å². The van der Waals surface area contributed by atoms with E-state index in [9.17, 15) is 9.59 Å². The molecule has 5 heteroatoms. The molecule has 22 heavy (non-hydrogen) atoms. The Hall–Kier alpha value is -1.88. The van der Waals surface area contributed by atoms with E-state index in [0.29, 0.717) is 12.0 Å². The van der Waals surface area contributed by atoms with Gasteiger partial charge in [0.2, 0.25) is 5.91 Å². The molecule has 0 spiro atoms. The van der Waals surface area contributed by atoms with Crippen LogP contribution < -0.4 is 5.32 Å². The third-order valence-electron chi connectivity index (χ3n) is 4.67. The predicted octanol–water partition coefficient (Wildman–Crippen LogP) is 2.00. The van der Waals surface area contributed by atoms with Crippen LogP contribution in [0.1, 0.15) is 41.6 Å². The van der Waals surface area contributed by atoms with Crippen molar-refractivity contribution in [1.82, 2.24) is 5.32 Å². The summed E-state index contributed by atoms with van der Waals surface area (Å²) in [6.45, 7) is 0.794. The SMILES string of the molecule is O=C(Cc1cccc(C(=O)O)c1)NC1CCCC2OCCC12. The smallest absolute Gasteiger partial charge is 0.335 e. The quantitative estimate of drug-likeness (QED) is 0.892. The first-order valence-corrected chi connectivity index (χ1v) is 7.86. The summed E-state index contributed by atoms with van der Waals surface area (Å²) >= 11 is 0. The van der Waals surface area contributed by atoms with E-state index >= 15 is 0 Å². The Labute approximate surface area is 129 Å². The first-order chi connectivity index (χ1) is 10.6. The first kappa shape index (κ1) is 15.0. The van der Waals surface area contributed by atoms with Crippen LogP contribution >= 0.6 is 0 Å². The molecule has 1 amide bonds. The van der Waals surface area contributed by atoms with E-state index in [1.54, 1.807) is 18.2 Å². The number of aromatic carboxylic acids is 1. The summed E-state index contributed by atoms with van der Waals surface area (Å²) in [5.74, 6) is -0.580. The van der Waals surface area contributed by atoms with Gasteiger partial charge >= 0.3 is 5.97 Å². The fourth-order valence-electron chi connectivity index (χ4n) is 3.61. The molecule has 3 unspecified atom stereocenters. The van der Waals surface area contributed by atoms with Gasteiger partial charge in [-0.05, 0) is 43.4 Å². The summed E-state index contributed by atoms with van der Waals surface area (Å²) in [7, 11) is 0. The Morgan fingerprint density at radius 3 is 2.95 bits per heavy atom. The lowest BCUT2D eigenvalue weighted by atomic mass is 9.81. The molecule has 1 aromatic carbocycles. The molecule has 3 rings (SSSR count). The van der Waals surface area contributed by atoms with Crippen molar-refractivity contribution in [1.29, 1.82) is 0 Å². The third kappa shape index (κ3) is 3.30. The number of rotatable bonds is 4. The van der Waals surface area contributed by atoms with Crippen molar-refractivity contribution in [3.63, 3.8) is 0 Å². The maximum absolute atomic E-state index is 12.3. The molecule has 1 heterocycles. The fourth-order valence-corrected chi connectivity index (χ4v) is 3.61. The molecule has 3 atom stereocenters. The van der Waals surface area contributed by atoms with Gasteiger partial charge in [0.15, 0.2) is 0 Å². The van der Waals surface area contributed by atoms with Gasteiger partial charge in [0.25, 0.3) is 0 Å². The van der Waals surface area contributed by atoms with Gasteiger partial charge in [0.1, 0.15) is 0 Å². The van der Waals surface area contributed by atoms with E-state index in [1.165, 1.54) is 6.07 Å². The molecule has 0 bridgehead atoms. The zero-order valence-corrected chi connectivity index (χ0v) is 12.5. The maximum atomic E-state index is 12.3. The number of carbonyl (C=O) groups is 2. The molecule has 1 aromatic rings. The van der Waals surface area contributed by atoms with Gasteiger partial charge in [0, 0.05) is 18.6 Å². The molecule has 2 N–H and O–H groups in total. The van der Waals surface area contributed by atoms with Crippen LogP contribution in [0, 0.1) is 5.92 Å². The summed E-state index contributed by atoms with van der Waals surface area (Å²) in [4.78, 5) is 23.2. The standard InChI is InChI=1S/C17H21NO4/c19-16(10-11-3-1-4-12(9-11)17(20)21)18-14-5-2-6-15-13(14)7-8-22-15/h1,3-4,9,13-15H,2,5-8,10H2,(H,18,19)(H,20,21). The van der Waals surface area contributed by atoms with Crippen LogP contribution in [0.2, 0.25) is 0 Å². The number of carboxylic acids is 1. The Morgan fingerprint density at radius 1 is 1.27 bits per heavy atom. The molecule has 1 aliphatic carbocycles. The van der Waals surface area contributed by atoms with Crippen LogP contribution in [-0.4, -0.2) is 35.7 Å². The van der Waals surface area contributed by atoms with Crippen LogP contribution in [0.5, 0.6) is 0 Å². The summed E-state index contributed by atoms with van der Waals surface area (Å²) in [6, 6.07) is 6.74. The average molecular weight is 303 g/mol. The molecule has 2 aliphatic rings. The Kier molecular flexibility index (Phi) is 4.43. The molecule has 1 saturated carbocycles. The van der Waals surface area contributed by atoms with E-state index in [0.717, 1.165) is 37.9 Å². The molecule has 1 saturated heterocycles. The molecular formula is C17H21NO4. The maximum Gasteiger partial charge on any atom is 0.335 e. The number of amides is 1. The summed E-state index contributed by atoms with van der Waals surface area (Å²) in [5, 5.41) is 12.1. The lowest BCUT2D eigenvalue weighted by Crippen LogP contribution is -2.46. The van der Waals surface area contributed by atoms with Gasteiger partial charge in [0.05, 0.1) is 18.1 Å². The minimum Gasteiger partial charge on any atom is -0.478 e. The highest BCUT2D eigenvalue weighted by molar-refractivity contribution is 5.88. The van der Waals surface area contributed by atoms with E-state index in [4.69, 9.17) is 9.84 Å². The van der Waals surface area contributed by atoms with Crippen LogP contribution in [0.4, 0.5) is 0 Å². The van der Waals surface area contributed by atoms with Gasteiger partial charge in [-0.2, -0.15) is 0 Å². The zero-order valence-electron chi connectivity index (χ0n) is 12.5. The van der Waals surface area contributed by atoms with Crippen molar-refractivity contribution in [3.8, 4) is 0 Å². The van der Waals surface area contributed by atoms with E-state index in [-0.39, 0.29) is 23.9 Å². The highest BCUT2D eigenvalue weighted by atomic mass is 16.5. The molecule has 5 nitrogen and oxygen atoms in total. The minimum absolute atomic E-state index is 0.0416. The third-order valence-corrected chi connectivity index (χ3v) is 4.67. The first-order valence-electron chi connectivity index (χ1n) is 7.86. The highest BCUT2D eigenvalue weighted by Gasteiger charge is 2.38. The summed E-state index contributed by atoms with van der Waals surface area (Å²) in [6.07, 6.45) is 4.72. The zero-order chi connectivity index (χ0) is 15.5. The molecular weight excluding hydrogens is 282 g/mol. The van der Waals surface area contributed by atoms with Gasteiger partial charge in [-0.3, -0.25) is 4.79 Å². The lowest BCUT2D eigenvalue weighted by Gasteiger charge is -2.33. The average Bonchev–Trinajstić information content (AvgIpc) is 2.97. The monoisotopic (exact) mass is 303 g/mol. The number of hydrogen-bond donors (Lipinski definition) is 2. The van der Waals surface area contributed by atoms with E-state index in [2.05, 4.69) is 5.32 Å². The van der Waals surface area contributed by atoms with Crippen molar-refractivity contribution in [2.45, 2.75) is 44.2 Å². The van der Waals surface area contributed by atoms with Gasteiger partial charge in [-0.25, -0.2) is 4.79 Å². The van der Waals surface area contributed by atoms with Crippen molar-refractivity contribution in [2.24, 2.45) is 5.92 Å². The highest BCUT2D eigenvalue weighted by Crippen LogP contribution is 2.34. The number of fused-ring (bicyclic) bond motifs is 1. The van der Waals surface area contributed by atoms with Crippen molar-refractivity contribution in [2.75, 3.05) is 6.61 Å². The van der Waals surface area contributed by atoms with Crippen molar-refractivity contribution < 1.29 is 19.4 Å². The lowest BCUT2D eigenvalue weighted by molar-refractivity contribution is -0.122. The van der Waals surface area contributed by atoms with E-state index in [1.807, 2.05) is 0 Å². The molecule has 118 valence electrons. The molecule has 1 aliphatic heterocycles. The van der Waals surface area contributed by atoms with E-state index < -0.39 is 5.97 Å². The Balaban J connectivity index is 1.60. The number of carboxylic acid groups (broad SMARTS) is 1. The largest absolute Gasteiger partial charge is 0.478 e. The Morgan fingerprint density at radius 2 is 2.14 bits per heavy atom. The molecule has 0 radical (unpaired) electrons. The second-order valence-corrected chi connectivity index (χ2v) is 6.15. The number of benzene rings is 1. The number of nitrogens with one attached hydrogen (secondary N) is 1. The van der Waals surface area contributed by atoms with Gasteiger partial charge in [-0.15, -0.1) is 0 Å². The molecule has 0 aromatic heterocycles. The number of ether oxygens (including phenoxy) is 1. The fraction of sp³-hybridized carbons (Fsp3) is 0.529. The Bertz CT molecular complexity index is 572. The summed E-state index contributed by atoms with van der Waals surface area (Å²) < 4.78 is 5.71. The van der Waals surface area contributed by atoms with Gasteiger partial charge in [-0.1, -0.05) is 12.1 Å². The van der Waals surface area contributed by atoms with Crippen molar-refractivity contribution >= 4 is 11.9 Å². The predicted molar refractivity (Wildman–Crippen MR) is 80.7 cm³/mol. The second kappa shape index (κ2) is 6.48. The normalized spacial score (nSPS) is 27.2. The number of carbonyl (C=O) groups excluding carboxylic acids is 1. The van der Waals surface area contributed by atoms with Crippen LogP contribution in [0.3, 0.4) is 0 Å². The molecule has 2 fully saturated rings. The van der Waals surface area contributed by atoms with Crippen LogP contribution in [0.25, 0.3) is 0 Å². The second-order valence-electron chi connectivity index (χ2n) is 6.15. The van der Waals surface area contributed by atoms with Crippen LogP contribution in [-0.2, 0) is 16.0 Å². The number of hydrogen-bond acceptors (Lipinski definition) is 3. The minimum atomic E-state index is -0.972.